The Morgan fingerprint density at radius 2 is 1.52 bits per heavy atom. The van der Waals surface area contributed by atoms with Crippen molar-refractivity contribution in [1.29, 1.82) is 0 Å². The quantitative estimate of drug-likeness (QED) is 0.710. The number of carbonyl (C=O) groups is 2. The smallest absolute Gasteiger partial charge is 0.251 e. The van der Waals surface area contributed by atoms with Crippen LogP contribution in [0.4, 0.5) is 0 Å². The number of hydrogen-bond donors (Lipinski definition) is 2. The highest BCUT2D eigenvalue weighted by molar-refractivity contribution is 5.97. The van der Waals surface area contributed by atoms with Crippen LogP contribution < -0.4 is 10.6 Å². The van der Waals surface area contributed by atoms with Crippen molar-refractivity contribution in [3.05, 3.63) is 70.8 Å². The van der Waals surface area contributed by atoms with E-state index in [1.807, 2.05) is 24.3 Å². The van der Waals surface area contributed by atoms with E-state index in [4.69, 9.17) is 0 Å². The van der Waals surface area contributed by atoms with Crippen LogP contribution in [0.1, 0.15) is 67.6 Å². The van der Waals surface area contributed by atoms with Crippen molar-refractivity contribution in [1.82, 2.24) is 15.5 Å². The second-order valence-electron chi connectivity index (χ2n) is 9.54. The topological polar surface area (TPSA) is 61.4 Å². The zero-order valence-electron chi connectivity index (χ0n) is 19.2. The van der Waals surface area contributed by atoms with Crippen LogP contribution in [0.2, 0.25) is 0 Å². The van der Waals surface area contributed by atoms with Crippen molar-refractivity contribution in [2.24, 2.45) is 0 Å². The molecule has 0 spiro atoms. The Morgan fingerprint density at radius 3 is 2.10 bits per heavy atom. The van der Waals surface area contributed by atoms with Crippen LogP contribution in [0.25, 0.3) is 0 Å². The van der Waals surface area contributed by atoms with Gasteiger partial charge in [0.25, 0.3) is 5.91 Å². The Labute approximate surface area is 186 Å². The van der Waals surface area contributed by atoms with Gasteiger partial charge in [-0.25, -0.2) is 0 Å². The van der Waals surface area contributed by atoms with Gasteiger partial charge < -0.3 is 10.6 Å². The molecule has 31 heavy (non-hydrogen) atoms. The van der Waals surface area contributed by atoms with E-state index in [9.17, 15) is 9.59 Å². The van der Waals surface area contributed by atoms with E-state index in [0.717, 1.165) is 12.1 Å². The monoisotopic (exact) mass is 421 g/mol. The molecular weight excluding hydrogens is 386 g/mol. The van der Waals surface area contributed by atoms with Crippen LogP contribution in [0.5, 0.6) is 0 Å². The van der Waals surface area contributed by atoms with Crippen molar-refractivity contribution in [2.75, 3.05) is 13.1 Å². The fourth-order valence-electron chi connectivity index (χ4n) is 3.77. The highest BCUT2D eigenvalue weighted by Crippen LogP contribution is 2.22. The van der Waals surface area contributed by atoms with Crippen molar-refractivity contribution < 1.29 is 9.59 Å². The number of carbonyl (C=O) groups excluding carboxylic acids is 2. The standard InChI is InChI=1S/C26H35N3O2/c1-19(28-25(31)22-11-13-23(14-12-22)26(2,3)4)24(30)27-17-20-7-9-21(10-8-20)18-29-15-5-6-16-29/h7-14,19H,5-6,15-18H2,1-4H3,(H,27,30)(H,28,31)/t19-/m1/s1. The van der Waals surface area contributed by atoms with Gasteiger partial charge >= 0.3 is 0 Å². The minimum atomic E-state index is -0.607. The number of hydrogen-bond acceptors (Lipinski definition) is 3. The molecule has 0 unspecified atom stereocenters. The van der Waals surface area contributed by atoms with Gasteiger partial charge in [-0.1, -0.05) is 57.2 Å². The normalized spacial score (nSPS) is 15.5. The summed E-state index contributed by atoms with van der Waals surface area (Å²) in [5.74, 6) is -0.435. The molecular formula is C26H35N3O2. The highest BCUT2D eigenvalue weighted by Gasteiger charge is 2.18. The number of amides is 2. The summed E-state index contributed by atoms with van der Waals surface area (Å²) in [5, 5.41) is 5.70. The van der Waals surface area contributed by atoms with E-state index >= 15 is 0 Å². The molecule has 1 atom stereocenters. The predicted molar refractivity (Wildman–Crippen MR) is 125 cm³/mol. The number of nitrogens with one attached hydrogen (secondary N) is 2. The molecule has 0 radical (unpaired) electrons. The van der Waals surface area contributed by atoms with Crippen molar-refractivity contribution in [3.8, 4) is 0 Å². The van der Waals surface area contributed by atoms with Crippen LogP contribution in [0.15, 0.2) is 48.5 Å². The first-order chi connectivity index (χ1) is 14.7. The lowest BCUT2D eigenvalue weighted by Crippen LogP contribution is -2.44. The van der Waals surface area contributed by atoms with Crippen molar-refractivity contribution >= 4 is 11.8 Å². The molecule has 2 amide bonds. The lowest BCUT2D eigenvalue weighted by atomic mass is 9.86. The Kier molecular flexibility index (Phi) is 7.50. The summed E-state index contributed by atoms with van der Waals surface area (Å²) in [6.07, 6.45) is 2.59. The maximum Gasteiger partial charge on any atom is 0.251 e. The first-order valence-corrected chi connectivity index (χ1v) is 11.2. The third-order valence-corrected chi connectivity index (χ3v) is 5.85. The molecule has 5 heteroatoms. The lowest BCUT2D eigenvalue weighted by Gasteiger charge is -2.19. The van der Waals surface area contributed by atoms with E-state index in [2.05, 4.69) is 60.6 Å². The number of benzene rings is 2. The maximum absolute atomic E-state index is 12.5. The van der Waals surface area contributed by atoms with E-state index in [1.165, 1.54) is 37.1 Å². The molecule has 1 saturated heterocycles. The predicted octanol–water partition coefficient (Wildman–Crippen LogP) is 4.01. The van der Waals surface area contributed by atoms with Gasteiger partial charge in [0, 0.05) is 18.7 Å². The fraction of sp³-hybridized carbons (Fsp3) is 0.462. The Bertz CT molecular complexity index is 876. The highest BCUT2D eigenvalue weighted by atomic mass is 16.2. The zero-order chi connectivity index (χ0) is 22.4. The summed E-state index contributed by atoms with van der Waals surface area (Å²) in [4.78, 5) is 27.4. The van der Waals surface area contributed by atoms with Gasteiger partial charge in [-0.2, -0.15) is 0 Å². The molecule has 0 bridgehead atoms. The molecule has 2 aromatic carbocycles. The Morgan fingerprint density at radius 1 is 0.935 bits per heavy atom. The third-order valence-electron chi connectivity index (χ3n) is 5.85. The molecule has 166 valence electrons. The summed E-state index contributed by atoms with van der Waals surface area (Å²) in [5.41, 5.74) is 4.11. The minimum Gasteiger partial charge on any atom is -0.350 e. The van der Waals surface area contributed by atoms with Crippen LogP contribution >= 0.6 is 0 Å². The number of likely N-dealkylation sites (tertiary alicyclic amines) is 1. The molecule has 1 aliphatic rings. The van der Waals surface area contributed by atoms with Crippen LogP contribution in [-0.4, -0.2) is 35.8 Å². The molecule has 1 fully saturated rings. The molecule has 1 aliphatic heterocycles. The van der Waals surface area contributed by atoms with Crippen LogP contribution in [-0.2, 0) is 23.3 Å². The third kappa shape index (κ3) is 6.66. The molecule has 5 nitrogen and oxygen atoms in total. The Hall–Kier alpha value is -2.66. The maximum atomic E-state index is 12.5. The van der Waals surface area contributed by atoms with Crippen molar-refractivity contribution in [3.63, 3.8) is 0 Å². The van der Waals surface area contributed by atoms with E-state index in [-0.39, 0.29) is 17.2 Å². The van der Waals surface area contributed by atoms with Gasteiger partial charge in [-0.05, 0) is 67.1 Å². The van der Waals surface area contributed by atoms with Crippen molar-refractivity contribution in [2.45, 2.75) is 65.1 Å². The number of rotatable bonds is 7. The summed E-state index contributed by atoms with van der Waals surface area (Å²) in [6.45, 7) is 11.9. The van der Waals surface area contributed by atoms with E-state index in [1.54, 1.807) is 6.92 Å². The van der Waals surface area contributed by atoms with E-state index in [0.29, 0.717) is 12.1 Å². The summed E-state index contributed by atoms with van der Waals surface area (Å²) in [6, 6.07) is 15.3. The van der Waals surface area contributed by atoms with Gasteiger partial charge in [0.15, 0.2) is 0 Å². The fourth-order valence-corrected chi connectivity index (χ4v) is 3.77. The molecule has 0 saturated carbocycles. The SMILES string of the molecule is C[C@@H](NC(=O)c1ccc(C(C)(C)C)cc1)C(=O)NCc1ccc(CN2CCCC2)cc1. The van der Waals surface area contributed by atoms with Gasteiger partial charge in [-0.3, -0.25) is 14.5 Å². The summed E-state index contributed by atoms with van der Waals surface area (Å²) >= 11 is 0. The molecule has 2 N–H and O–H groups in total. The second kappa shape index (κ2) is 10.1. The molecule has 1 heterocycles. The van der Waals surface area contributed by atoms with Gasteiger partial charge in [-0.15, -0.1) is 0 Å². The molecule has 2 aromatic rings. The summed E-state index contributed by atoms with van der Waals surface area (Å²) < 4.78 is 0. The minimum absolute atomic E-state index is 0.0363. The summed E-state index contributed by atoms with van der Waals surface area (Å²) in [7, 11) is 0. The number of nitrogens with zero attached hydrogens (tertiary/aromatic N) is 1. The van der Waals surface area contributed by atoms with Gasteiger partial charge in [0.2, 0.25) is 5.91 Å². The first-order valence-electron chi connectivity index (χ1n) is 11.2. The van der Waals surface area contributed by atoms with Gasteiger partial charge in [0.05, 0.1) is 0 Å². The van der Waals surface area contributed by atoms with Crippen LogP contribution in [0.3, 0.4) is 0 Å². The molecule has 3 rings (SSSR count). The van der Waals surface area contributed by atoms with Crippen LogP contribution in [0, 0.1) is 0 Å². The molecule has 0 aromatic heterocycles. The second-order valence-corrected chi connectivity index (χ2v) is 9.54. The largest absolute Gasteiger partial charge is 0.350 e. The first kappa shape index (κ1) is 23.0. The van der Waals surface area contributed by atoms with Gasteiger partial charge in [0.1, 0.15) is 6.04 Å². The van der Waals surface area contributed by atoms with E-state index < -0.39 is 6.04 Å². The average molecular weight is 422 g/mol. The lowest BCUT2D eigenvalue weighted by molar-refractivity contribution is -0.122. The Balaban J connectivity index is 1.46. The zero-order valence-corrected chi connectivity index (χ0v) is 19.2. The average Bonchev–Trinajstić information content (AvgIpc) is 3.25. The molecule has 0 aliphatic carbocycles.